The number of benzene rings is 2. The van der Waals surface area contributed by atoms with Gasteiger partial charge in [-0.25, -0.2) is 0 Å². The van der Waals surface area contributed by atoms with Crippen molar-refractivity contribution in [3.63, 3.8) is 0 Å². The van der Waals surface area contributed by atoms with Gasteiger partial charge in [-0.3, -0.25) is 14.7 Å². The number of nitrogens with zero attached hydrogens (tertiary/aromatic N) is 1. The van der Waals surface area contributed by atoms with Gasteiger partial charge in [0.2, 0.25) is 5.91 Å². The predicted molar refractivity (Wildman–Crippen MR) is 115 cm³/mol. The van der Waals surface area contributed by atoms with Crippen molar-refractivity contribution in [3.05, 3.63) is 78.5 Å². The Bertz CT molecular complexity index is 1110. The first kappa shape index (κ1) is 19.4. The number of anilines is 1. The van der Waals surface area contributed by atoms with E-state index in [-0.39, 0.29) is 11.8 Å². The Morgan fingerprint density at radius 2 is 1.90 bits per heavy atom. The number of hydrogen-bond acceptors (Lipinski definition) is 4. The van der Waals surface area contributed by atoms with Gasteiger partial charge < -0.3 is 15.4 Å². The molecule has 3 aromatic rings. The van der Waals surface area contributed by atoms with Gasteiger partial charge in [-0.2, -0.15) is 5.10 Å². The maximum absolute atomic E-state index is 12.9. The summed E-state index contributed by atoms with van der Waals surface area (Å²) in [5.41, 5.74) is 2.01. The van der Waals surface area contributed by atoms with Crippen LogP contribution in [0.25, 0.3) is 10.9 Å². The summed E-state index contributed by atoms with van der Waals surface area (Å²) in [4.78, 5) is 25.6. The van der Waals surface area contributed by atoms with Crippen molar-refractivity contribution in [2.75, 3.05) is 11.9 Å². The lowest BCUT2D eigenvalue weighted by atomic mass is 9.93. The molecule has 30 heavy (non-hydrogen) atoms. The summed E-state index contributed by atoms with van der Waals surface area (Å²) in [6.07, 6.45) is 8.95. The van der Waals surface area contributed by atoms with Crippen LogP contribution in [0.1, 0.15) is 17.3 Å². The highest BCUT2D eigenvalue weighted by molar-refractivity contribution is 5.98. The van der Waals surface area contributed by atoms with Crippen LogP contribution in [0, 0.1) is 5.92 Å². The standard InChI is InChI=1S/C23H22N4O3/c1-2-30-18-11-8-15(9-12-18)22(28)26-20-6-4-3-5-19(20)23(29)25-17-10-7-16-14-24-27-21(16)13-17/h3-14,19-20H,2H2,1H3,(H,24,27)(H,25,29)(H,26,28). The molecule has 0 saturated heterocycles. The SMILES string of the molecule is CCOc1ccc(C(=O)NC2C=CC=CC2C(=O)Nc2ccc3cn[nH]c3c2)cc1. The molecule has 0 spiro atoms. The van der Waals surface area contributed by atoms with Gasteiger partial charge in [-0.1, -0.05) is 24.3 Å². The summed E-state index contributed by atoms with van der Waals surface area (Å²) in [5.74, 6) is -0.272. The number of aromatic nitrogens is 2. The minimum atomic E-state index is -0.529. The fraction of sp³-hybridized carbons (Fsp3) is 0.174. The first-order valence-corrected chi connectivity index (χ1v) is 9.77. The van der Waals surface area contributed by atoms with Crippen molar-refractivity contribution >= 4 is 28.4 Å². The number of H-pyrrole nitrogens is 1. The van der Waals surface area contributed by atoms with Crippen LogP contribution < -0.4 is 15.4 Å². The summed E-state index contributed by atoms with van der Waals surface area (Å²) < 4.78 is 5.41. The number of ether oxygens (including phenoxy) is 1. The Morgan fingerprint density at radius 1 is 1.10 bits per heavy atom. The fourth-order valence-electron chi connectivity index (χ4n) is 3.34. The molecule has 0 aliphatic heterocycles. The van der Waals surface area contributed by atoms with Gasteiger partial charge in [-0.05, 0) is 49.4 Å². The Balaban J connectivity index is 1.44. The highest BCUT2D eigenvalue weighted by atomic mass is 16.5. The summed E-state index contributed by atoms with van der Waals surface area (Å²) in [5, 5.41) is 13.7. The second kappa shape index (κ2) is 8.65. The summed E-state index contributed by atoms with van der Waals surface area (Å²) >= 11 is 0. The van der Waals surface area contributed by atoms with E-state index in [9.17, 15) is 9.59 Å². The molecule has 0 bridgehead atoms. The van der Waals surface area contributed by atoms with Crippen LogP contribution in [0.2, 0.25) is 0 Å². The quantitative estimate of drug-likeness (QED) is 0.588. The molecule has 152 valence electrons. The lowest BCUT2D eigenvalue weighted by Crippen LogP contribution is -2.43. The fourth-order valence-corrected chi connectivity index (χ4v) is 3.34. The largest absolute Gasteiger partial charge is 0.494 e. The average Bonchev–Trinajstić information content (AvgIpc) is 3.23. The highest BCUT2D eigenvalue weighted by Gasteiger charge is 2.27. The number of aromatic amines is 1. The number of amides is 2. The van der Waals surface area contributed by atoms with Crippen LogP contribution in [0.3, 0.4) is 0 Å². The van der Waals surface area contributed by atoms with E-state index >= 15 is 0 Å². The Hall–Kier alpha value is -3.87. The first-order chi connectivity index (χ1) is 14.6. The van der Waals surface area contributed by atoms with Crippen molar-refractivity contribution in [1.82, 2.24) is 15.5 Å². The molecule has 1 heterocycles. The van der Waals surface area contributed by atoms with E-state index < -0.39 is 12.0 Å². The molecule has 0 radical (unpaired) electrons. The van der Waals surface area contributed by atoms with Gasteiger partial charge >= 0.3 is 0 Å². The third-order valence-corrected chi connectivity index (χ3v) is 4.87. The van der Waals surface area contributed by atoms with Gasteiger partial charge in [-0.15, -0.1) is 0 Å². The molecule has 2 unspecified atom stereocenters. The number of carbonyl (C=O) groups excluding carboxylic acids is 2. The molecule has 1 aromatic heterocycles. The number of nitrogens with one attached hydrogen (secondary N) is 3. The van der Waals surface area contributed by atoms with Crippen LogP contribution in [-0.4, -0.2) is 34.7 Å². The Morgan fingerprint density at radius 3 is 2.70 bits per heavy atom. The zero-order valence-electron chi connectivity index (χ0n) is 16.5. The molecule has 1 aliphatic carbocycles. The molecule has 0 saturated carbocycles. The van der Waals surface area contributed by atoms with E-state index in [2.05, 4.69) is 20.8 Å². The van der Waals surface area contributed by atoms with Crippen molar-refractivity contribution in [1.29, 1.82) is 0 Å². The van der Waals surface area contributed by atoms with Crippen LogP contribution >= 0.6 is 0 Å². The van der Waals surface area contributed by atoms with Gasteiger partial charge in [0.15, 0.2) is 0 Å². The molecular formula is C23H22N4O3. The van der Waals surface area contributed by atoms with Crippen LogP contribution in [-0.2, 0) is 4.79 Å². The average molecular weight is 402 g/mol. The molecule has 7 nitrogen and oxygen atoms in total. The second-order valence-corrected chi connectivity index (χ2v) is 6.91. The monoisotopic (exact) mass is 402 g/mol. The van der Waals surface area contributed by atoms with E-state index in [1.807, 2.05) is 43.4 Å². The summed E-state index contributed by atoms with van der Waals surface area (Å²) in [6.45, 7) is 2.47. The first-order valence-electron chi connectivity index (χ1n) is 9.77. The third-order valence-electron chi connectivity index (χ3n) is 4.87. The molecule has 2 aromatic carbocycles. The molecule has 7 heteroatoms. The molecular weight excluding hydrogens is 380 g/mol. The van der Waals surface area contributed by atoms with Crippen LogP contribution in [0.5, 0.6) is 5.75 Å². The number of hydrogen-bond donors (Lipinski definition) is 3. The zero-order valence-corrected chi connectivity index (χ0v) is 16.5. The van der Waals surface area contributed by atoms with Crippen molar-refractivity contribution in [2.45, 2.75) is 13.0 Å². The predicted octanol–water partition coefficient (Wildman–Crippen LogP) is 3.44. The van der Waals surface area contributed by atoms with Crippen molar-refractivity contribution in [3.8, 4) is 5.75 Å². The van der Waals surface area contributed by atoms with Gasteiger partial charge in [0.05, 0.1) is 30.3 Å². The molecule has 2 atom stereocenters. The molecule has 0 fully saturated rings. The number of fused-ring (bicyclic) bond motifs is 1. The van der Waals surface area contributed by atoms with Gasteiger partial charge in [0, 0.05) is 16.6 Å². The maximum atomic E-state index is 12.9. The van der Waals surface area contributed by atoms with Crippen molar-refractivity contribution in [2.24, 2.45) is 5.92 Å². The zero-order chi connectivity index (χ0) is 20.9. The molecule has 2 amide bonds. The van der Waals surface area contributed by atoms with Crippen LogP contribution in [0.15, 0.2) is 73.0 Å². The van der Waals surface area contributed by atoms with Crippen molar-refractivity contribution < 1.29 is 14.3 Å². The smallest absolute Gasteiger partial charge is 0.251 e. The Labute approximate surface area is 173 Å². The van der Waals surface area contributed by atoms with Gasteiger partial charge in [0.25, 0.3) is 5.91 Å². The van der Waals surface area contributed by atoms with E-state index in [0.717, 1.165) is 10.9 Å². The van der Waals surface area contributed by atoms with Gasteiger partial charge in [0.1, 0.15) is 5.75 Å². The molecule has 1 aliphatic rings. The van der Waals surface area contributed by atoms with E-state index in [1.165, 1.54) is 0 Å². The minimum Gasteiger partial charge on any atom is -0.494 e. The second-order valence-electron chi connectivity index (χ2n) is 6.91. The number of allylic oxidation sites excluding steroid dienone is 2. The summed E-state index contributed by atoms with van der Waals surface area (Å²) in [7, 11) is 0. The van der Waals surface area contributed by atoms with Crippen LogP contribution in [0.4, 0.5) is 5.69 Å². The van der Waals surface area contributed by atoms with E-state index in [0.29, 0.717) is 23.6 Å². The van der Waals surface area contributed by atoms with E-state index in [1.54, 1.807) is 36.5 Å². The maximum Gasteiger partial charge on any atom is 0.251 e. The molecule has 3 N–H and O–H groups in total. The third kappa shape index (κ3) is 4.25. The lowest BCUT2D eigenvalue weighted by Gasteiger charge is -2.24. The Kier molecular flexibility index (Phi) is 5.61. The minimum absolute atomic E-state index is 0.202. The highest BCUT2D eigenvalue weighted by Crippen LogP contribution is 2.20. The molecule has 4 rings (SSSR count). The van der Waals surface area contributed by atoms with E-state index in [4.69, 9.17) is 4.74 Å². The topological polar surface area (TPSA) is 96.1 Å². The number of rotatable bonds is 6. The summed E-state index contributed by atoms with van der Waals surface area (Å²) in [6, 6.07) is 12.0. The normalized spacial score (nSPS) is 17.6. The lowest BCUT2D eigenvalue weighted by molar-refractivity contribution is -0.118. The number of carbonyl (C=O) groups is 2.